The van der Waals surface area contributed by atoms with Gasteiger partial charge in [-0.15, -0.1) is 6.58 Å². The molecule has 0 N–H and O–H groups in total. The molecule has 1 aliphatic heterocycles. The lowest BCUT2D eigenvalue weighted by molar-refractivity contribution is 0.0761. The Labute approximate surface area is 175 Å². The van der Waals surface area contributed by atoms with Gasteiger partial charge in [-0.05, 0) is 49.7 Å². The van der Waals surface area contributed by atoms with Crippen LogP contribution in [0.25, 0.3) is 0 Å². The minimum atomic E-state index is -3.99. The highest BCUT2D eigenvalue weighted by Gasteiger charge is 2.43. The fourth-order valence-electron chi connectivity index (χ4n) is 3.35. The van der Waals surface area contributed by atoms with Gasteiger partial charge in [0.15, 0.2) is 0 Å². The Morgan fingerprint density at radius 3 is 2.47 bits per heavy atom. The summed E-state index contributed by atoms with van der Waals surface area (Å²) in [5, 5.41) is 8.92. The molecular weight excluding hydrogens is 402 g/mol. The Hall–Kier alpha value is -3.44. The fourth-order valence-corrected chi connectivity index (χ4v) is 5.15. The van der Waals surface area contributed by atoms with Gasteiger partial charge >= 0.3 is 0 Å². The minimum absolute atomic E-state index is 0.0719. The van der Waals surface area contributed by atoms with E-state index in [0.717, 1.165) is 9.87 Å². The highest BCUT2D eigenvalue weighted by Crippen LogP contribution is 2.33. The van der Waals surface area contributed by atoms with Gasteiger partial charge in [-0.2, -0.15) is 5.26 Å². The van der Waals surface area contributed by atoms with Crippen molar-refractivity contribution >= 4 is 21.8 Å². The van der Waals surface area contributed by atoms with Gasteiger partial charge in [0.25, 0.3) is 21.8 Å². The minimum Gasteiger partial charge on any atom is -0.331 e. The molecule has 0 bridgehead atoms. The van der Waals surface area contributed by atoms with Crippen molar-refractivity contribution in [1.82, 2.24) is 9.21 Å². The second-order valence-corrected chi connectivity index (χ2v) is 8.98. The van der Waals surface area contributed by atoms with E-state index in [9.17, 15) is 18.0 Å². The lowest BCUT2D eigenvalue weighted by Gasteiger charge is -2.22. The number of hydrogen-bond donors (Lipinski definition) is 0. The first-order chi connectivity index (χ1) is 14.2. The van der Waals surface area contributed by atoms with E-state index in [-0.39, 0.29) is 35.0 Å². The maximum Gasteiger partial charge on any atom is 0.269 e. The Bertz CT molecular complexity index is 1160. The first-order valence-corrected chi connectivity index (χ1v) is 10.8. The maximum absolute atomic E-state index is 13.1. The molecule has 2 aromatic rings. The van der Waals surface area contributed by atoms with Crippen molar-refractivity contribution in [3.8, 4) is 6.07 Å². The van der Waals surface area contributed by atoms with Gasteiger partial charge in [-0.25, -0.2) is 12.7 Å². The monoisotopic (exact) mass is 423 g/mol. The Kier molecular flexibility index (Phi) is 5.76. The Morgan fingerprint density at radius 2 is 1.90 bits per heavy atom. The molecule has 0 radical (unpaired) electrons. The van der Waals surface area contributed by atoms with Gasteiger partial charge in [0.2, 0.25) is 0 Å². The van der Waals surface area contributed by atoms with E-state index in [1.54, 1.807) is 44.2 Å². The van der Waals surface area contributed by atoms with Crippen LogP contribution < -0.4 is 0 Å². The zero-order valence-corrected chi connectivity index (χ0v) is 17.5. The first kappa shape index (κ1) is 21.3. The third-order valence-electron chi connectivity index (χ3n) is 4.76. The summed E-state index contributed by atoms with van der Waals surface area (Å²) in [6.07, 6.45) is 1.58. The summed E-state index contributed by atoms with van der Waals surface area (Å²) >= 11 is 0. The number of hydrogen-bond acceptors (Lipinski definition) is 5. The molecule has 2 aromatic carbocycles. The van der Waals surface area contributed by atoms with Crippen molar-refractivity contribution in [2.75, 3.05) is 6.54 Å². The van der Waals surface area contributed by atoms with Gasteiger partial charge < -0.3 is 4.90 Å². The highest BCUT2D eigenvalue weighted by molar-refractivity contribution is 7.90. The van der Waals surface area contributed by atoms with Crippen LogP contribution in [0.3, 0.4) is 0 Å². The molecule has 7 nitrogen and oxygen atoms in total. The second kappa shape index (κ2) is 8.13. The van der Waals surface area contributed by atoms with Gasteiger partial charge in [0.05, 0.1) is 17.2 Å². The third kappa shape index (κ3) is 3.72. The smallest absolute Gasteiger partial charge is 0.269 e. The SMILES string of the molecule is C=CCN(Cc1ccc(C#N)cc1)C(=O)c1ccc2c(c1)S(=O)(=O)N(C(C)C)C2=O. The van der Waals surface area contributed by atoms with Crippen molar-refractivity contribution in [2.24, 2.45) is 0 Å². The first-order valence-electron chi connectivity index (χ1n) is 9.32. The van der Waals surface area contributed by atoms with Crippen LogP contribution >= 0.6 is 0 Å². The molecule has 0 aromatic heterocycles. The van der Waals surface area contributed by atoms with Gasteiger partial charge in [-0.1, -0.05) is 18.2 Å². The van der Waals surface area contributed by atoms with Crippen LogP contribution in [-0.4, -0.2) is 42.0 Å². The molecule has 0 saturated carbocycles. The zero-order valence-electron chi connectivity index (χ0n) is 16.7. The van der Waals surface area contributed by atoms with Crippen LogP contribution in [0.2, 0.25) is 0 Å². The number of amides is 2. The normalized spacial score (nSPS) is 14.3. The molecule has 0 unspecified atom stereocenters. The van der Waals surface area contributed by atoms with Crippen molar-refractivity contribution in [2.45, 2.75) is 31.3 Å². The fraction of sp³-hybridized carbons (Fsp3) is 0.227. The number of benzene rings is 2. The van der Waals surface area contributed by atoms with E-state index in [4.69, 9.17) is 5.26 Å². The predicted octanol–water partition coefficient (Wildman–Crippen LogP) is 2.94. The molecule has 0 fully saturated rings. The van der Waals surface area contributed by atoms with E-state index < -0.39 is 22.0 Å². The molecule has 154 valence electrons. The summed E-state index contributed by atoms with van der Waals surface area (Å²) in [5.41, 5.74) is 1.58. The Balaban J connectivity index is 1.94. The zero-order chi connectivity index (χ0) is 22.1. The number of nitrogens with zero attached hydrogens (tertiary/aromatic N) is 3. The summed E-state index contributed by atoms with van der Waals surface area (Å²) in [4.78, 5) is 26.9. The number of carbonyl (C=O) groups excluding carboxylic acids is 2. The number of rotatable bonds is 6. The summed E-state index contributed by atoms with van der Waals surface area (Å²) in [6.45, 7) is 7.44. The average molecular weight is 423 g/mol. The molecule has 8 heteroatoms. The largest absolute Gasteiger partial charge is 0.331 e. The van der Waals surface area contributed by atoms with Gasteiger partial charge in [0.1, 0.15) is 4.90 Å². The molecule has 1 aliphatic rings. The topological polar surface area (TPSA) is 98.6 Å². The average Bonchev–Trinajstić information content (AvgIpc) is 2.92. The van der Waals surface area contributed by atoms with Gasteiger partial charge in [-0.3, -0.25) is 9.59 Å². The standard InChI is InChI=1S/C22H21N3O4S/c1-4-11-24(14-17-7-5-16(13-23)6-8-17)21(26)18-9-10-19-20(12-18)30(28,29)25(15(2)3)22(19)27/h4-10,12,15H,1,11,14H2,2-3H3. The van der Waals surface area contributed by atoms with Crippen LogP contribution in [0.4, 0.5) is 0 Å². The summed E-state index contributed by atoms with van der Waals surface area (Å²) < 4.78 is 26.4. The molecule has 3 rings (SSSR count). The van der Waals surface area contributed by atoms with Crippen LogP contribution in [0.1, 0.15) is 45.7 Å². The molecule has 0 saturated heterocycles. The van der Waals surface area contributed by atoms with Crippen LogP contribution in [-0.2, 0) is 16.6 Å². The molecule has 2 amide bonds. The van der Waals surface area contributed by atoms with E-state index in [2.05, 4.69) is 6.58 Å². The molecular formula is C22H21N3O4S. The van der Waals surface area contributed by atoms with E-state index in [1.165, 1.54) is 23.1 Å². The van der Waals surface area contributed by atoms with Gasteiger partial charge in [0, 0.05) is 24.7 Å². The van der Waals surface area contributed by atoms with E-state index >= 15 is 0 Å². The lowest BCUT2D eigenvalue weighted by Crippen LogP contribution is -2.36. The third-order valence-corrected chi connectivity index (χ3v) is 6.76. The van der Waals surface area contributed by atoms with Crippen molar-refractivity contribution < 1.29 is 18.0 Å². The maximum atomic E-state index is 13.1. The number of carbonyl (C=O) groups is 2. The molecule has 1 heterocycles. The predicted molar refractivity (Wildman–Crippen MR) is 111 cm³/mol. The molecule has 0 atom stereocenters. The van der Waals surface area contributed by atoms with Crippen LogP contribution in [0, 0.1) is 11.3 Å². The summed E-state index contributed by atoms with van der Waals surface area (Å²) in [6, 6.07) is 12.5. The van der Waals surface area contributed by atoms with Crippen LogP contribution in [0.5, 0.6) is 0 Å². The van der Waals surface area contributed by atoms with Crippen molar-refractivity contribution in [1.29, 1.82) is 5.26 Å². The highest BCUT2D eigenvalue weighted by atomic mass is 32.2. The summed E-state index contributed by atoms with van der Waals surface area (Å²) in [7, 11) is -3.99. The number of fused-ring (bicyclic) bond motifs is 1. The van der Waals surface area contributed by atoms with Crippen molar-refractivity contribution in [3.05, 3.63) is 77.4 Å². The number of sulfonamides is 1. The molecule has 0 aliphatic carbocycles. The molecule has 30 heavy (non-hydrogen) atoms. The second-order valence-electron chi connectivity index (χ2n) is 7.19. The summed E-state index contributed by atoms with van der Waals surface area (Å²) in [5.74, 6) is -0.966. The quantitative estimate of drug-likeness (QED) is 0.665. The van der Waals surface area contributed by atoms with Crippen molar-refractivity contribution in [3.63, 3.8) is 0 Å². The number of nitriles is 1. The molecule has 0 spiro atoms. The van der Waals surface area contributed by atoms with E-state index in [1.807, 2.05) is 6.07 Å². The lowest BCUT2D eigenvalue weighted by atomic mass is 10.1. The van der Waals surface area contributed by atoms with Crippen LogP contribution in [0.15, 0.2) is 60.0 Å². The Morgan fingerprint density at radius 1 is 1.23 bits per heavy atom. The van der Waals surface area contributed by atoms with E-state index in [0.29, 0.717) is 5.56 Å².